The molecule has 0 saturated heterocycles. The fourth-order valence-corrected chi connectivity index (χ4v) is 5.82. The molecule has 10 N–H and O–H groups in total. The van der Waals surface area contributed by atoms with Gasteiger partial charge in [0.05, 0.1) is 30.1 Å². The summed E-state index contributed by atoms with van der Waals surface area (Å²) in [7, 11) is 0. The first-order chi connectivity index (χ1) is 23.7. The highest BCUT2D eigenvalue weighted by Gasteiger charge is 2.32. The highest BCUT2D eigenvalue weighted by Crippen LogP contribution is 2.20. The lowest BCUT2D eigenvalue weighted by Crippen LogP contribution is -2.58. The number of hydrogen-bond donors (Lipinski definition) is 9. The van der Waals surface area contributed by atoms with E-state index in [4.69, 9.17) is 5.73 Å². The molecule has 4 atom stereocenters. The maximum absolute atomic E-state index is 13.8. The van der Waals surface area contributed by atoms with Crippen molar-refractivity contribution in [3.63, 3.8) is 0 Å². The quantitative estimate of drug-likeness (QED) is 0.0772. The van der Waals surface area contributed by atoms with Gasteiger partial charge in [-0.25, -0.2) is 14.8 Å². The van der Waals surface area contributed by atoms with Crippen LogP contribution in [-0.4, -0.2) is 82.9 Å². The van der Waals surface area contributed by atoms with Gasteiger partial charge in [0.25, 0.3) is 0 Å². The van der Waals surface area contributed by atoms with Crippen LogP contribution in [0.3, 0.4) is 0 Å². The number of carboxylic acids is 1. The van der Waals surface area contributed by atoms with Gasteiger partial charge < -0.3 is 46.7 Å². The van der Waals surface area contributed by atoms with Crippen LogP contribution in [0.15, 0.2) is 86.0 Å². The lowest BCUT2D eigenvalue weighted by atomic mass is 10.0. The van der Waals surface area contributed by atoms with Crippen molar-refractivity contribution in [2.75, 3.05) is 0 Å². The number of nitrogens with zero attached hydrogens (tertiary/aromatic N) is 2. The molecular weight excluding hydrogens is 628 g/mol. The van der Waals surface area contributed by atoms with Gasteiger partial charge in [0, 0.05) is 65.9 Å². The molecule has 0 fully saturated rings. The number of benzene rings is 2. The summed E-state index contributed by atoms with van der Waals surface area (Å²) >= 11 is 0. The highest BCUT2D eigenvalue weighted by molar-refractivity contribution is 5.95. The molecule has 6 rings (SSSR count). The van der Waals surface area contributed by atoms with E-state index in [0.29, 0.717) is 17.0 Å². The number of rotatable bonds is 15. The van der Waals surface area contributed by atoms with E-state index in [-0.39, 0.29) is 25.7 Å². The van der Waals surface area contributed by atoms with E-state index in [0.717, 1.165) is 27.4 Å². The van der Waals surface area contributed by atoms with Gasteiger partial charge in [-0.1, -0.05) is 36.4 Å². The Labute approximate surface area is 279 Å². The predicted octanol–water partition coefficient (Wildman–Crippen LogP) is 1.23. The number of nitrogens with two attached hydrogens (primary N) is 1. The SMILES string of the molecule is N[C@@H](Cc1c[nH]c2ccccc12)C(=O)N[C@@H](Cc1c[nH]cn1)C(=O)N[C@@H](Cc1c[nH]cn1)C(=O)N[C@@H](Cc1c[nH]c2ccccc12)C(=O)O. The number of amides is 3. The van der Waals surface area contributed by atoms with Crippen molar-refractivity contribution in [3.8, 4) is 0 Å². The lowest BCUT2D eigenvalue weighted by molar-refractivity contribution is -0.142. The zero-order valence-electron chi connectivity index (χ0n) is 26.3. The molecule has 0 spiro atoms. The Morgan fingerprint density at radius 3 is 1.59 bits per heavy atom. The topological polar surface area (TPSA) is 240 Å². The van der Waals surface area contributed by atoms with Crippen LogP contribution in [0.4, 0.5) is 0 Å². The monoisotopic (exact) mass is 664 g/mol. The van der Waals surface area contributed by atoms with Crippen molar-refractivity contribution in [3.05, 3.63) is 108 Å². The number of aliphatic carboxylic acids is 1. The molecule has 2 aromatic carbocycles. The van der Waals surface area contributed by atoms with Crippen molar-refractivity contribution in [2.24, 2.45) is 5.73 Å². The summed E-state index contributed by atoms with van der Waals surface area (Å²) in [5.74, 6) is -3.23. The average Bonchev–Trinajstić information content (AvgIpc) is 3.93. The number of aromatic nitrogens is 6. The molecule has 0 aliphatic carbocycles. The summed E-state index contributed by atoms with van der Waals surface area (Å²) in [6.45, 7) is 0. The molecule has 4 aromatic heterocycles. The normalized spacial score (nSPS) is 13.8. The molecule has 0 saturated carbocycles. The van der Waals surface area contributed by atoms with Crippen LogP contribution in [0.25, 0.3) is 21.8 Å². The summed E-state index contributed by atoms with van der Waals surface area (Å²) in [5.41, 5.74) is 10.6. The molecular formula is C34H36N10O5. The van der Waals surface area contributed by atoms with Crippen LogP contribution in [0.1, 0.15) is 22.5 Å². The molecule has 0 aliphatic heterocycles. The van der Waals surface area contributed by atoms with Crippen molar-refractivity contribution >= 4 is 45.5 Å². The molecule has 252 valence electrons. The van der Waals surface area contributed by atoms with E-state index in [1.165, 1.54) is 12.7 Å². The van der Waals surface area contributed by atoms with Crippen molar-refractivity contribution in [1.29, 1.82) is 0 Å². The smallest absolute Gasteiger partial charge is 0.326 e. The number of hydrogen-bond acceptors (Lipinski definition) is 7. The number of nitrogens with one attached hydrogen (secondary N) is 7. The minimum Gasteiger partial charge on any atom is -0.480 e. The van der Waals surface area contributed by atoms with E-state index in [9.17, 15) is 24.3 Å². The third kappa shape index (κ3) is 7.85. The number of fused-ring (bicyclic) bond motifs is 2. The fraction of sp³-hybridized carbons (Fsp3) is 0.235. The van der Waals surface area contributed by atoms with Crippen LogP contribution in [0, 0.1) is 0 Å². The van der Waals surface area contributed by atoms with Crippen LogP contribution in [0.2, 0.25) is 0 Å². The van der Waals surface area contributed by atoms with E-state index in [1.54, 1.807) is 24.8 Å². The summed E-state index contributed by atoms with van der Waals surface area (Å²) < 4.78 is 0. The average molecular weight is 665 g/mol. The Morgan fingerprint density at radius 2 is 1.10 bits per heavy atom. The molecule has 15 nitrogen and oxygen atoms in total. The molecule has 49 heavy (non-hydrogen) atoms. The zero-order valence-corrected chi connectivity index (χ0v) is 26.3. The second-order valence-corrected chi connectivity index (χ2v) is 11.8. The molecule has 0 aliphatic rings. The number of imidazole rings is 2. The maximum Gasteiger partial charge on any atom is 0.326 e. The first-order valence-corrected chi connectivity index (χ1v) is 15.7. The van der Waals surface area contributed by atoms with Gasteiger partial charge in [0.1, 0.15) is 18.1 Å². The second kappa shape index (κ2) is 14.7. The first-order valence-electron chi connectivity index (χ1n) is 15.7. The molecule has 0 unspecified atom stereocenters. The number of carboxylic acid groups (broad SMARTS) is 1. The molecule has 4 heterocycles. The first kappa shape index (κ1) is 32.7. The Bertz CT molecular complexity index is 2050. The Balaban J connectivity index is 1.18. The molecule has 15 heteroatoms. The van der Waals surface area contributed by atoms with Crippen LogP contribution >= 0.6 is 0 Å². The van der Waals surface area contributed by atoms with E-state index in [2.05, 4.69) is 45.9 Å². The number of para-hydroxylation sites is 2. The van der Waals surface area contributed by atoms with Gasteiger partial charge in [0.2, 0.25) is 17.7 Å². The van der Waals surface area contributed by atoms with Gasteiger partial charge in [-0.15, -0.1) is 0 Å². The zero-order chi connectivity index (χ0) is 34.3. The third-order valence-corrected chi connectivity index (χ3v) is 8.37. The van der Waals surface area contributed by atoms with Crippen molar-refractivity contribution in [1.82, 2.24) is 45.9 Å². The number of aromatic amines is 4. The Hall–Kier alpha value is -6.22. The van der Waals surface area contributed by atoms with E-state index >= 15 is 0 Å². The van der Waals surface area contributed by atoms with Gasteiger partial charge in [-0.2, -0.15) is 0 Å². The summed E-state index contributed by atoms with van der Waals surface area (Å²) in [4.78, 5) is 73.5. The Morgan fingerprint density at radius 1 is 0.633 bits per heavy atom. The van der Waals surface area contributed by atoms with Crippen LogP contribution in [-0.2, 0) is 44.9 Å². The fourth-order valence-electron chi connectivity index (χ4n) is 5.82. The summed E-state index contributed by atoms with van der Waals surface area (Å²) in [6, 6.07) is 10.4. The van der Waals surface area contributed by atoms with Crippen molar-refractivity contribution in [2.45, 2.75) is 49.9 Å². The largest absolute Gasteiger partial charge is 0.480 e. The van der Waals surface area contributed by atoms with Crippen LogP contribution < -0.4 is 21.7 Å². The minimum atomic E-state index is -1.30. The summed E-state index contributed by atoms with van der Waals surface area (Å²) in [6.07, 6.45) is 9.70. The minimum absolute atomic E-state index is 0.000314. The number of H-pyrrole nitrogens is 4. The maximum atomic E-state index is 13.8. The van der Waals surface area contributed by atoms with E-state index in [1.807, 2.05) is 48.5 Å². The van der Waals surface area contributed by atoms with E-state index < -0.39 is 47.9 Å². The Kier molecular flexibility index (Phi) is 9.80. The summed E-state index contributed by atoms with van der Waals surface area (Å²) in [5, 5.41) is 19.9. The third-order valence-electron chi connectivity index (χ3n) is 8.37. The standard InChI is InChI=1S/C34H36N10O5/c35-25(9-19-13-38-26-7-3-1-5-23(19)26)31(45)42-28(11-21-15-36-17-40-21)32(46)43-29(12-22-16-37-18-41-22)33(47)44-30(34(48)49)10-20-14-39-27-8-4-2-6-24(20)27/h1-8,13-18,25,28-30,38-39H,9-12,35H2,(H,36,40)(H,37,41)(H,42,45)(H,43,46)(H,44,47)(H,48,49)/t25-,28-,29-,30-/m0/s1. The van der Waals surface area contributed by atoms with Gasteiger partial charge in [-0.05, 0) is 29.7 Å². The second-order valence-electron chi connectivity index (χ2n) is 11.8. The highest BCUT2D eigenvalue weighted by atomic mass is 16.4. The number of carbonyl (C=O) groups is 4. The number of carbonyl (C=O) groups excluding carboxylic acids is 3. The van der Waals surface area contributed by atoms with Gasteiger partial charge >= 0.3 is 5.97 Å². The molecule has 0 radical (unpaired) electrons. The molecule has 0 bridgehead atoms. The van der Waals surface area contributed by atoms with Gasteiger partial charge in [0.15, 0.2) is 0 Å². The predicted molar refractivity (Wildman–Crippen MR) is 180 cm³/mol. The van der Waals surface area contributed by atoms with Gasteiger partial charge in [-0.3, -0.25) is 14.4 Å². The van der Waals surface area contributed by atoms with Crippen LogP contribution in [0.5, 0.6) is 0 Å². The lowest BCUT2D eigenvalue weighted by Gasteiger charge is -2.25. The molecule has 6 aromatic rings. The van der Waals surface area contributed by atoms with Crippen molar-refractivity contribution < 1.29 is 24.3 Å². The molecule has 3 amide bonds.